The number of aromatic amines is 1. The van der Waals surface area contributed by atoms with E-state index in [1.807, 2.05) is 12.3 Å². The van der Waals surface area contributed by atoms with Gasteiger partial charge in [0.15, 0.2) is 5.15 Å². The van der Waals surface area contributed by atoms with Crippen molar-refractivity contribution < 1.29 is 0 Å². The van der Waals surface area contributed by atoms with Crippen molar-refractivity contribution in [3.63, 3.8) is 0 Å². The van der Waals surface area contributed by atoms with Crippen LogP contribution in [0.3, 0.4) is 0 Å². The van der Waals surface area contributed by atoms with Gasteiger partial charge in [-0.25, -0.2) is 9.97 Å². The molecule has 14 heavy (non-hydrogen) atoms. The van der Waals surface area contributed by atoms with Crippen molar-refractivity contribution in [3.8, 4) is 0 Å². The Morgan fingerprint density at radius 3 is 3.07 bits per heavy atom. The van der Waals surface area contributed by atoms with Gasteiger partial charge in [-0.3, -0.25) is 0 Å². The average Bonchev–Trinajstić information content (AvgIpc) is 2.63. The number of hydrogen-bond donors (Lipinski definition) is 1. The maximum absolute atomic E-state index is 6.00. The van der Waals surface area contributed by atoms with Gasteiger partial charge in [0.2, 0.25) is 0 Å². The van der Waals surface area contributed by atoms with Crippen LogP contribution in [0.5, 0.6) is 0 Å². The monoisotopic (exact) mass is 209 g/mol. The fourth-order valence-corrected chi connectivity index (χ4v) is 1.65. The largest absolute Gasteiger partial charge is 0.357 e. The molecule has 0 bridgehead atoms. The van der Waals surface area contributed by atoms with E-state index >= 15 is 0 Å². The molecule has 0 atom stereocenters. The Hall–Kier alpha value is -1.09. The Morgan fingerprint density at radius 2 is 2.29 bits per heavy atom. The van der Waals surface area contributed by atoms with Crippen LogP contribution in [0, 0.1) is 0 Å². The molecule has 0 saturated heterocycles. The van der Waals surface area contributed by atoms with Crippen LogP contribution in [0.1, 0.15) is 25.6 Å². The number of aromatic nitrogens is 3. The standard InChI is InChI=1S/C10H12ClN3/c1-2-3-4-8-13-7-5-6-12-9(7)10(11)14-8/h5-6,12H,2-4H2,1H3. The van der Waals surface area contributed by atoms with Gasteiger partial charge in [0.25, 0.3) is 0 Å². The van der Waals surface area contributed by atoms with Gasteiger partial charge in [0.05, 0.1) is 5.52 Å². The minimum absolute atomic E-state index is 0.520. The predicted octanol–water partition coefficient (Wildman–Crippen LogP) is 2.95. The molecular weight excluding hydrogens is 198 g/mol. The van der Waals surface area contributed by atoms with E-state index in [4.69, 9.17) is 11.6 Å². The summed E-state index contributed by atoms with van der Waals surface area (Å²) in [5, 5.41) is 0.520. The summed E-state index contributed by atoms with van der Waals surface area (Å²) >= 11 is 6.00. The minimum Gasteiger partial charge on any atom is -0.357 e. The number of fused-ring (bicyclic) bond motifs is 1. The zero-order valence-corrected chi connectivity index (χ0v) is 8.80. The van der Waals surface area contributed by atoms with E-state index in [0.29, 0.717) is 5.15 Å². The lowest BCUT2D eigenvalue weighted by atomic mass is 10.2. The minimum atomic E-state index is 0.520. The Morgan fingerprint density at radius 1 is 1.43 bits per heavy atom. The predicted molar refractivity (Wildman–Crippen MR) is 57.5 cm³/mol. The first-order valence-corrected chi connectivity index (χ1v) is 5.18. The first-order valence-electron chi connectivity index (χ1n) is 4.80. The van der Waals surface area contributed by atoms with Gasteiger partial charge in [-0.1, -0.05) is 24.9 Å². The molecule has 0 spiro atoms. The molecule has 0 saturated carbocycles. The summed E-state index contributed by atoms with van der Waals surface area (Å²) in [6.45, 7) is 2.15. The van der Waals surface area contributed by atoms with E-state index in [2.05, 4.69) is 21.9 Å². The van der Waals surface area contributed by atoms with Gasteiger partial charge in [-0.15, -0.1) is 0 Å². The highest BCUT2D eigenvalue weighted by atomic mass is 35.5. The van der Waals surface area contributed by atoms with Crippen LogP contribution in [0.15, 0.2) is 12.3 Å². The summed E-state index contributed by atoms with van der Waals surface area (Å²) in [6, 6.07) is 1.92. The van der Waals surface area contributed by atoms with Crippen LogP contribution in [0.25, 0.3) is 11.0 Å². The molecule has 2 rings (SSSR count). The van der Waals surface area contributed by atoms with Crippen LogP contribution in [-0.4, -0.2) is 15.0 Å². The zero-order chi connectivity index (χ0) is 9.97. The van der Waals surface area contributed by atoms with Gasteiger partial charge in [0, 0.05) is 12.6 Å². The molecule has 0 unspecified atom stereocenters. The van der Waals surface area contributed by atoms with Gasteiger partial charge in [-0.05, 0) is 12.5 Å². The number of nitrogens with zero attached hydrogens (tertiary/aromatic N) is 2. The van der Waals surface area contributed by atoms with Crippen molar-refractivity contribution in [3.05, 3.63) is 23.2 Å². The SMILES string of the molecule is CCCCc1nc(Cl)c2[nH]ccc2n1. The summed E-state index contributed by atoms with van der Waals surface area (Å²) in [5.74, 6) is 0.837. The molecule has 2 aromatic rings. The molecule has 0 aliphatic carbocycles. The molecule has 2 heterocycles. The molecule has 2 aromatic heterocycles. The first-order chi connectivity index (χ1) is 6.81. The second-order valence-corrected chi connectivity index (χ2v) is 3.63. The lowest BCUT2D eigenvalue weighted by Crippen LogP contribution is -1.95. The summed E-state index contributed by atoms with van der Waals surface area (Å²) in [5.41, 5.74) is 1.73. The van der Waals surface area contributed by atoms with Crippen LogP contribution >= 0.6 is 11.6 Å². The molecule has 0 aliphatic rings. The molecule has 0 amide bonds. The molecule has 74 valence electrons. The van der Waals surface area contributed by atoms with E-state index < -0.39 is 0 Å². The number of halogens is 1. The fraction of sp³-hybridized carbons (Fsp3) is 0.400. The number of rotatable bonds is 3. The molecule has 0 aliphatic heterocycles. The smallest absolute Gasteiger partial charge is 0.156 e. The third-order valence-corrected chi connectivity index (χ3v) is 2.44. The zero-order valence-electron chi connectivity index (χ0n) is 8.05. The quantitative estimate of drug-likeness (QED) is 0.790. The maximum atomic E-state index is 6.00. The number of hydrogen-bond acceptors (Lipinski definition) is 2. The average molecular weight is 210 g/mol. The van der Waals surface area contributed by atoms with Crippen LogP contribution < -0.4 is 0 Å². The van der Waals surface area contributed by atoms with E-state index in [0.717, 1.165) is 36.1 Å². The highest BCUT2D eigenvalue weighted by Crippen LogP contribution is 2.18. The molecular formula is C10H12ClN3. The van der Waals surface area contributed by atoms with Crippen molar-refractivity contribution >= 4 is 22.6 Å². The Kier molecular flexibility index (Phi) is 2.68. The van der Waals surface area contributed by atoms with Gasteiger partial charge in [-0.2, -0.15) is 0 Å². The van der Waals surface area contributed by atoms with Crippen LogP contribution in [-0.2, 0) is 6.42 Å². The molecule has 0 fully saturated rings. The summed E-state index contributed by atoms with van der Waals surface area (Å²) < 4.78 is 0. The van der Waals surface area contributed by atoms with Gasteiger partial charge in [0.1, 0.15) is 11.3 Å². The topological polar surface area (TPSA) is 41.6 Å². The van der Waals surface area contributed by atoms with Crippen molar-refractivity contribution in [1.29, 1.82) is 0 Å². The molecule has 3 nitrogen and oxygen atoms in total. The molecule has 4 heteroatoms. The van der Waals surface area contributed by atoms with E-state index in [9.17, 15) is 0 Å². The number of unbranched alkanes of at least 4 members (excludes halogenated alkanes) is 1. The maximum Gasteiger partial charge on any atom is 0.156 e. The van der Waals surface area contributed by atoms with Crippen LogP contribution in [0.4, 0.5) is 0 Å². The van der Waals surface area contributed by atoms with E-state index in [-0.39, 0.29) is 0 Å². The molecule has 0 aromatic carbocycles. The highest BCUT2D eigenvalue weighted by molar-refractivity contribution is 6.33. The number of aryl methyl sites for hydroxylation is 1. The third kappa shape index (κ3) is 1.73. The number of H-pyrrole nitrogens is 1. The highest BCUT2D eigenvalue weighted by Gasteiger charge is 2.05. The summed E-state index contributed by atoms with van der Waals surface area (Å²) in [6.07, 6.45) is 4.98. The van der Waals surface area contributed by atoms with Crippen LogP contribution in [0.2, 0.25) is 5.15 Å². The second-order valence-electron chi connectivity index (χ2n) is 3.27. The van der Waals surface area contributed by atoms with Crippen molar-refractivity contribution in [2.45, 2.75) is 26.2 Å². The van der Waals surface area contributed by atoms with Crippen molar-refractivity contribution in [1.82, 2.24) is 15.0 Å². The molecule has 1 N–H and O–H groups in total. The van der Waals surface area contributed by atoms with E-state index in [1.165, 1.54) is 0 Å². The summed E-state index contributed by atoms with van der Waals surface area (Å²) in [4.78, 5) is 11.7. The van der Waals surface area contributed by atoms with Crippen molar-refractivity contribution in [2.24, 2.45) is 0 Å². The second kappa shape index (κ2) is 3.96. The Bertz CT molecular complexity index is 436. The molecule has 0 radical (unpaired) electrons. The van der Waals surface area contributed by atoms with Gasteiger partial charge < -0.3 is 4.98 Å². The first kappa shape index (κ1) is 9.46. The third-order valence-electron chi connectivity index (χ3n) is 2.16. The van der Waals surface area contributed by atoms with Gasteiger partial charge >= 0.3 is 0 Å². The lowest BCUT2D eigenvalue weighted by Gasteiger charge is -1.99. The van der Waals surface area contributed by atoms with E-state index in [1.54, 1.807) is 0 Å². The van der Waals surface area contributed by atoms with Crippen molar-refractivity contribution in [2.75, 3.05) is 0 Å². The number of nitrogens with one attached hydrogen (secondary N) is 1. The Balaban J connectivity index is 2.38. The fourth-order valence-electron chi connectivity index (χ4n) is 1.40. The Labute approximate surface area is 87.5 Å². The normalized spacial score (nSPS) is 11.0. The summed E-state index contributed by atoms with van der Waals surface area (Å²) in [7, 11) is 0. The lowest BCUT2D eigenvalue weighted by molar-refractivity contribution is 0.757.